The number of nitrogens with two attached hydrogens (primary N) is 1. The fourth-order valence-electron chi connectivity index (χ4n) is 0.598. The van der Waals surface area contributed by atoms with E-state index in [1.54, 1.807) is 7.05 Å². The Morgan fingerprint density at radius 2 is 2.30 bits per heavy atom. The number of aliphatic hydroxyl groups is 1. The zero-order valence-electron chi connectivity index (χ0n) is 6.37. The fraction of sp³-hybridized carbons (Fsp3) is 0.833. The van der Waals surface area contributed by atoms with E-state index in [-0.39, 0.29) is 12.6 Å². The molecule has 0 aromatic rings. The molecule has 0 rings (SSSR count). The van der Waals surface area contributed by atoms with E-state index < -0.39 is 6.03 Å². The van der Waals surface area contributed by atoms with Crippen LogP contribution in [0.2, 0.25) is 0 Å². The van der Waals surface area contributed by atoms with Crippen molar-refractivity contribution < 1.29 is 9.90 Å². The van der Waals surface area contributed by atoms with E-state index in [0.717, 1.165) is 0 Å². The van der Waals surface area contributed by atoms with Crippen molar-refractivity contribution in [1.82, 2.24) is 4.90 Å². The summed E-state index contributed by atoms with van der Waals surface area (Å²) >= 11 is 0. The molecule has 0 aromatic heterocycles. The summed E-state index contributed by atoms with van der Waals surface area (Å²) in [5.41, 5.74) is 4.97. The van der Waals surface area contributed by atoms with E-state index >= 15 is 0 Å². The Balaban J connectivity index is 3.69. The molecule has 0 aliphatic carbocycles. The predicted octanol–water partition coefficient (Wildman–Crippen LogP) is -0.232. The second kappa shape index (κ2) is 4.11. The van der Waals surface area contributed by atoms with Gasteiger partial charge in [-0.2, -0.15) is 0 Å². The zero-order valence-corrected chi connectivity index (χ0v) is 6.37. The lowest BCUT2D eigenvalue weighted by Crippen LogP contribution is -2.39. The van der Waals surface area contributed by atoms with Crippen molar-refractivity contribution in [2.75, 3.05) is 13.7 Å². The van der Waals surface area contributed by atoms with Gasteiger partial charge in [0.2, 0.25) is 0 Å². The Labute approximate surface area is 60.6 Å². The quantitative estimate of drug-likeness (QED) is 0.577. The molecule has 0 saturated heterocycles. The third-order valence-electron chi connectivity index (χ3n) is 1.56. The van der Waals surface area contributed by atoms with Crippen LogP contribution in [-0.4, -0.2) is 35.7 Å². The molecule has 2 amide bonds. The largest absolute Gasteiger partial charge is 0.396 e. The van der Waals surface area contributed by atoms with Gasteiger partial charge < -0.3 is 15.7 Å². The molecule has 0 fully saturated rings. The molecule has 4 nitrogen and oxygen atoms in total. The summed E-state index contributed by atoms with van der Waals surface area (Å²) in [5, 5.41) is 8.49. The third kappa shape index (κ3) is 2.68. The SMILES string of the molecule is CC(CCO)N(C)C(N)=O. The highest BCUT2D eigenvalue weighted by atomic mass is 16.3. The Hall–Kier alpha value is -0.770. The summed E-state index contributed by atoms with van der Waals surface area (Å²) in [7, 11) is 1.61. The Kier molecular flexibility index (Phi) is 3.79. The minimum atomic E-state index is -0.457. The number of primary amides is 1. The van der Waals surface area contributed by atoms with Crippen molar-refractivity contribution in [1.29, 1.82) is 0 Å². The van der Waals surface area contributed by atoms with E-state index in [4.69, 9.17) is 10.8 Å². The summed E-state index contributed by atoms with van der Waals surface area (Å²) < 4.78 is 0. The highest BCUT2D eigenvalue weighted by molar-refractivity contribution is 5.71. The maximum atomic E-state index is 10.5. The van der Waals surface area contributed by atoms with Crippen LogP contribution in [0.1, 0.15) is 13.3 Å². The Morgan fingerprint density at radius 3 is 2.60 bits per heavy atom. The van der Waals surface area contributed by atoms with Crippen LogP contribution in [0.4, 0.5) is 4.79 Å². The van der Waals surface area contributed by atoms with Gasteiger partial charge in [0.15, 0.2) is 0 Å². The zero-order chi connectivity index (χ0) is 8.15. The molecule has 1 unspecified atom stereocenters. The van der Waals surface area contributed by atoms with Crippen LogP contribution in [0.25, 0.3) is 0 Å². The molecule has 60 valence electrons. The molecular weight excluding hydrogens is 132 g/mol. The molecule has 0 bridgehead atoms. The maximum Gasteiger partial charge on any atom is 0.314 e. The number of amides is 2. The van der Waals surface area contributed by atoms with Gasteiger partial charge >= 0.3 is 6.03 Å². The fourth-order valence-corrected chi connectivity index (χ4v) is 0.598. The van der Waals surface area contributed by atoms with Gasteiger partial charge in [0.1, 0.15) is 0 Å². The maximum absolute atomic E-state index is 10.5. The lowest BCUT2D eigenvalue weighted by Gasteiger charge is -2.21. The monoisotopic (exact) mass is 146 g/mol. The normalized spacial score (nSPS) is 12.7. The van der Waals surface area contributed by atoms with Gasteiger partial charge in [-0.15, -0.1) is 0 Å². The number of carbonyl (C=O) groups is 1. The molecule has 0 spiro atoms. The first-order chi connectivity index (χ1) is 4.59. The average molecular weight is 146 g/mol. The molecule has 0 aromatic carbocycles. The second-order valence-corrected chi connectivity index (χ2v) is 2.31. The first-order valence-corrected chi connectivity index (χ1v) is 3.22. The van der Waals surface area contributed by atoms with E-state index in [2.05, 4.69) is 0 Å². The van der Waals surface area contributed by atoms with Crippen LogP contribution in [0, 0.1) is 0 Å². The summed E-state index contributed by atoms with van der Waals surface area (Å²) in [5.74, 6) is 0. The van der Waals surface area contributed by atoms with Crippen molar-refractivity contribution in [3.63, 3.8) is 0 Å². The highest BCUT2D eigenvalue weighted by Crippen LogP contribution is 1.98. The van der Waals surface area contributed by atoms with Crippen molar-refractivity contribution in [3.8, 4) is 0 Å². The predicted molar refractivity (Wildman–Crippen MR) is 38.5 cm³/mol. The number of rotatable bonds is 3. The van der Waals surface area contributed by atoms with Crippen LogP contribution in [-0.2, 0) is 0 Å². The molecule has 10 heavy (non-hydrogen) atoms. The van der Waals surface area contributed by atoms with Gasteiger partial charge in [-0.25, -0.2) is 4.79 Å². The summed E-state index contributed by atoms with van der Waals surface area (Å²) in [4.78, 5) is 11.9. The average Bonchev–Trinajstić information content (AvgIpc) is 1.87. The van der Waals surface area contributed by atoms with Crippen LogP contribution in [0.3, 0.4) is 0 Å². The minimum Gasteiger partial charge on any atom is -0.396 e. The number of aliphatic hydroxyl groups excluding tert-OH is 1. The molecule has 4 heteroatoms. The topological polar surface area (TPSA) is 66.6 Å². The van der Waals surface area contributed by atoms with Crippen molar-refractivity contribution in [2.24, 2.45) is 5.73 Å². The number of carbonyl (C=O) groups excluding carboxylic acids is 1. The van der Waals surface area contributed by atoms with Crippen LogP contribution < -0.4 is 5.73 Å². The molecular formula is C6H14N2O2. The highest BCUT2D eigenvalue weighted by Gasteiger charge is 2.10. The van der Waals surface area contributed by atoms with Gasteiger partial charge in [0.05, 0.1) is 0 Å². The van der Waals surface area contributed by atoms with E-state index in [9.17, 15) is 4.79 Å². The number of nitrogens with zero attached hydrogens (tertiary/aromatic N) is 1. The lowest BCUT2D eigenvalue weighted by atomic mass is 10.2. The molecule has 1 atom stereocenters. The van der Waals surface area contributed by atoms with Crippen LogP contribution in [0.5, 0.6) is 0 Å². The van der Waals surface area contributed by atoms with Gasteiger partial charge in [0, 0.05) is 19.7 Å². The summed E-state index contributed by atoms with van der Waals surface area (Å²) in [6.07, 6.45) is 0.569. The van der Waals surface area contributed by atoms with Crippen LogP contribution >= 0.6 is 0 Å². The van der Waals surface area contributed by atoms with Crippen molar-refractivity contribution in [2.45, 2.75) is 19.4 Å². The van der Waals surface area contributed by atoms with Gasteiger partial charge in [-0.3, -0.25) is 0 Å². The molecule has 0 aliphatic heterocycles. The minimum absolute atomic E-state index is 0.0162. The summed E-state index contributed by atoms with van der Waals surface area (Å²) in [6, 6.07) is -0.441. The van der Waals surface area contributed by atoms with E-state index in [1.165, 1.54) is 4.90 Å². The molecule has 3 N–H and O–H groups in total. The Morgan fingerprint density at radius 1 is 1.80 bits per heavy atom. The van der Waals surface area contributed by atoms with Gasteiger partial charge in [-0.1, -0.05) is 0 Å². The van der Waals surface area contributed by atoms with E-state index in [1.807, 2.05) is 6.92 Å². The molecule has 0 heterocycles. The first kappa shape index (κ1) is 9.23. The first-order valence-electron chi connectivity index (χ1n) is 3.22. The van der Waals surface area contributed by atoms with E-state index in [0.29, 0.717) is 6.42 Å². The smallest absolute Gasteiger partial charge is 0.314 e. The Bertz CT molecular complexity index is 116. The standard InChI is InChI=1S/C6H14N2O2/c1-5(3-4-9)8(2)6(7)10/h5,9H,3-4H2,1-2H3,(H2,7,10). The summed E-state index contributed by atoms with van der Waals surface area (Å²) in [6.45, 7) is 1.92. The second-order valence-electron chi connectivity index (χ2n) is 2.31. The van der Waals surface area contributed by atoms with Gasteiger partial charge in [-0.05, 0) is 13.3 Å². The lowest BCUT2D eigenvalue weighted by molar-refractivity contribution is 0.186. The number of hydrogen-bond donors (Lipinski definition) is 2. The molecule has 0 aliphatic rings. The molecule has 0 radical (unpaired) electrons. The van der Waals surface area contributed by atoms with Gasteiger partial charge in [0.25, 0.3) is 0 Å². The number of hydrogen-bond acceptors (Lipinski definition) is 2. The van der Waals surface area contributed by atoms with Crippen molar-refractivity contribution >= 4 is 6.03 Å². The van der Waals surface area contributed by atoms with Crippen LogP contribution in [0.15, 0.2) is 0 Å². The third-order valence-corrected chi connectivity index (χ3v) is 1.56. The molecule has 0 saturated carbocycles. The number of urea groups is 1. The van der Waals surface area contributed by atoms with Crippen molar-refractivity contribution in [3.05, 3.63) is 0 Å².